The van der Waals surface area contributed by atoms with Gasteiger partial charge in [0.2, 0.25) is 5.91 Å². The molecule has 1 amide bonds. The maximum Gasteiger partial charge on any atom is 0.271 e. The topological polar surface area (TPSA) is 103 Å². The number of nitrogens with zero attached hydrogens (tertiary/aromatic N) is 4. The molecule has 0 atom stereocenters. The normalized spacial score (nSPS) is 10.6. The van der Waals surface area contributed by atoms with Crippen LogP contribution < -0.4 is 5.32 Å². The van der Waals surface area contributed by atoms with Crippen molar-refractivity contribution in [3.63, 3.8) is 0 Å². The van der Waals surface area contributed by atoms with E-state index >= 15 is 0 Å². The number of nitrogens with one attached hydrogen (secondary N) is 1. The van der Waals surface area contributed by atoms with Crippen molar-refractivity contribution in [1.82, 2.24) is 14.8 Å². The first-order chi connectivity index (χ1) is 14.4. The number of carbonyl (C=O) groups excluding carboxylic acids is 1. The van der Waals surface area contributed by atoms with Crippen LogP contribution in [0.25, 0.3) is 11.4 Å². The highest BCUT2D eigenvalue weighted by Crippen LogP contribution is 2.28. The number of anilines is 1. The minimum absolute atomic E-state index is 0.0300. The van der Waals surface area contributed by atoms with Crippen molar-refractivity contribution < 1.29 is 9.72 Å². The number of rotatable bonds is 8. The van der Waals surface area contributed by atoms with E-state index in [-0.39, 0.29) is 28.1 Å². The summed E-state index contributed by atoms with van der Waals surface area (Å²) in [5.41, 5.74) is 2.08. The molecule has 8 nitrogen and oxygen atoms in total. The van der Waals surface area contributed by atoms with Gasteiger partial charge in [-0.3, -0.25) is 19.5 Å². The zero-order chi connectivity index (χ0) is 21.7. The van der Waals surface area contributed by atoms with Crippen LogP contribution in [0.1, 0.15) is 5.56 Å². The molecule has 154 valence electrons. The molecule has 1 aromatic heterocycles. The van der Waals surface area contributed by atoms with Gasteiger partial charge >= 0.3 is 0 Å². The van der Waals surface area contributed by atoms with E-state index in [0.29, 0.717) is 17.5 Å². The molecule has 0 saturated heterocycles. The quantitative estimate of drug-likeness (QED) is 0.233. The van der Waals surface area contributed by atoms with Crippen molar-refractivity contribution in [1.29, 1.82) is 0 Å². The van der Waals surface area contributed by atoms with E-state index < -0.39 is 4.92 Å². The number of halogens is 1. The van der Waals surface area contributed by atoms with E-state index in [2.05, 4.69) is 22.1 Å². The molecule has 1 N–H and O–H groups in total. The molecule has 0 aliphatic rings. The van der Waals surface area contributed by atoms with Gasteiger partial charge < -0.3 is 5.32 Å². The van der Waals surface area contributed by atoms with E-state index in [9.17, 15) is 14.9 Å². The summed E-state index contributed by atoms with van der Waals surface area (Å²) < 4.78 is 1.87. The van der Waals surface area contributed by atoms with Crippen LogP contribution in [0.3, 0.4) is 0 Å². The zero-order valence-electron chi connectivity index (χ0n) is 16.0. The van der Waals surface area contributed by atoms with Crippen LogP contribution in [0.2, 0.25) is 5.02 Å². The van der Waals surface area contributed by atoms with Crippen molar-refractivity contribution in [2.45, 2.75) is 18.6 Å². The average Bonchev–Trinajstić information content (AvgIpc) is 3.11. The molecule has 0 bridgehead atoms. The molecule has 0 fully saturated rings. The SMILES string of the molecule is C=CCn1c(SCC(=O)Nc2cc([N+](=O)[O-])ccc2Cl)nnc1-c1ccc(C)cc1. The van der Waals surface area contributed by atoms with Gasteiger partial charge in [-0.25, -0.2) is 0 Å². The van der Waals surface area contributed by atoms with Gasteiger partial charge in [-0.2, -0.15) is 0 Å². The molecular weight excluding hydrogens is 426 g/mol. The van der Waals surface area contributed by atoms with Crippen molar-refractivity contribution in [3.8, 4) is 11.4 Å². The second-order valence-corrected chi connectivity index (χ2v) is 7.68. The third kappa shape index (κ3) is 5.05. The number of allylic oxidation sites excluding steroid dienone is 1. The number of aryl methyl sites for hydroxylation is 1. The molecule has 0 saturated carbocycles. The monoisotopic (exact) mass is 443 g/mol. The predicted molar refractivity (Wildman–Crippen MR) is 118 cm³/mol. The number of nitro benzene ring substituents is 1. The van der Waals surface area contributed by atoms with Crippen molar-refractivity contribution in [3.05, 3.63) is 75.8 Å². The number of hydrogen-bond acceptors (Lipinski definition) is 6. The van der Waals surface area contributed by atoms with E-state index in [1.165, 1.54) is 30.0 Å². The lowest BCUT2D eigenvalue weighted by atomic mass is 10.1. The summed E-state index contributed by atoms with van der Waals surface area (Å²) in [5, 5.41) is 22.8. The molecular formula is C20H18ClN5O3S. The molecule has 10 heteroatoms. The minimum Gasteiger partial charge on any atom is -0.324 e. The fraction of sp³-hybridized carbons (Fsp3) is 0.150. The lowest BCUT2D eigenvalue weighted by Gasteiger charge is -2.09. The van der Waals surface area contributed by atoms with Crippen LogP contribution in [0.4, 0.5) is 11.4 Å². The van der Waals surface area contributed by atoms with Crippen molar-refractivity contribution >= 4 is 40.6 Å². The van der Waals surface area contributed by atoms with Gasteiger partial charge in [0.25, 0.3) is 5.69 Å². The summed E-state index contributed by atoms with van der Waals surface area (Å²) in [5.74, 6) is 0.342. The third-order valence-corrected chi connectivity index (χ3v) is 5.40. The van der Waals surface area contributed by atoms with Gasteiger partial charge in [0.15, 0.2) is 11.0 Å². The van der Waals surface area contributed by atoms with Crippen molar-refractivity contribution in [2.24, 2.45) is 0 Å². The molecule has 0 unspecified atom stereocenters. The summed E-state index contributed by atoms with van der Waals surface area (Å²) in [4.78, 5) is 22.7. The Morgan fingerprint density at radius 3 is 2.70 bits per heavy atom. The molecule has 1 heterocycles. The van der Waals surface area contributed by atoms with Crippen LogP contribution in [0.15, 0.2) is 60.3 Å². The number of hydrogen-bond donors (Lipinski definition) is 1. The van der Waals surface area contributed by atoms with Crippen LogP contribution in [0.5, 0.6) is 0 Å². The Morgan fingerprint density at radius 2 is 2.03 bits per heavy atom. The summed E-state index contributed by atoms with van der Waals surface area (Å²) in [7, 11) is 0. The highest BCUT2D eigenvalue weighted by atomic mass is 35.5. The fourth-order valence-corrected chi connectivity index (χ4v) is 3.56. The van der Waals surface area contributed by atoms with Gasteiger partial charge in [0, 0.05) is 24.2 Å². The lowest BCUT2D eigenvalue weighted by Crippen LogP contribution is -2.15. The van der Waals surface area contributed by atoms with Gasteiger partial charge in [-0.15, -0.1) is 16.8 Å². The van der Waals surface area contributed by atoms with Crippen LogP contribution in [-0.2, 0) is 11.3 Å². The fourth-order valence-electron chi connectivity index (χ4n) is 2.64. The van der Waals surface area contributed by atoms with E-state index in [4.69, 9.17) is 11.6 Å². The Bertz CT molecular complexity index is 1100. The Morgan fingerprint density at radius 1 is 1.30 bits per heavy atom. The zero-order valence-corrected chi connectivity index (χ0v) is 17.6. The predicted octanol–water partition coefficient (Wildman–Crippen LogP) is 4.73. The maximum atomic E-state index is 12.4. The molecule has 0 aliphatic carbocycles. The molecule has 0 spiro atoms. The standard InChI is InChI=1S/C20H18ClN5O3S/c1-3-10-25-19(14-6-4-13(2)5-7-14)23-24-20(25)30-12-18(27)22-17-11-15(26(28)29)8-9-16(17)21/h3-9,11H,1,10,12H2,2H3,(H,22,27). The third-order valence-electron chi connectivity index (χ3n) is 4.11. The number of benzene rings is 2. The molecule has 0 aliphatic heterocycles. The van der Waals surface area contributed by atoms with Gasteiger partial charge in [0.1, 0.15) is 0 Å². The minimum atomic E-state index is -0.550. The van der Waals surface area contributed by atoms with Gasteiger partial charge in [-0.05, 0) is 13.0 Å². The number of aromatic nitrogens is 3. The van der Waals surface area contributed by atoms with Crippen LogP contribution >= 0.6 is 23.4 Å². The molecule has 0 radical (unpaired) electrons. The number of non-ortho nitro benzene ring substituents is 1. The van der Waals surface area contributed by atoms with Crippen molar-refractivity contribution in [2.75, 3.05) is 11.1 Å². The number of thioether (sulfide) groups is 1. The lowest BCUT2D eigenvalue weighted by molar-refractivity contribution is -0.384. The Kier molecular flexibility index (Phi) is 6.86. The van der Waals surface area contributed by atoms with E-state index in [0.717, 1.165) is 11.1 Å². The maximum absolute atomic E-state index is 12.4. The molecule has 30 heavy (non-hydrogen) atoms. The van der Waals surface area contributed by atoms with Crippen LogP contribution in [-0.4, -0.2) is 31.3 Å². The van der Waals surface area contributed by atoms with E-state index in [1.807, 2.05) is 35.8 Å². The number of nitro groups is 1. The van der Waals surface area contributed by atoms with Gasteiger partial charge in [-0.1, -0.05) is 59.3 Å². The number of carbonyl (C=O) groups is 1. The smallest absolute Gasteiger partial charge is 0.271 e. The first kappa shape index (κ1) is 21.5. The highest BCUT2D eigenvalue weighted by Gasteiger charge is 2.16. The summed E-state index contributed by atoms with van der Waals surface area (Å²) in [6.07, 6.45) is 1.73. The summed E-state index contributed by atoms with van der Waals surface area (Å²) in [6, 6.07) is 11.8. The van der Waals surface area contributed by atoms with Crippen LogP contribution in [0, 0.1) is 17.0 Å². The summed E-state index contributed by atoms with van der Waals surface area (Å²) in [6.45, 7) is 6.26. The van der Waals surface area contributed by atoms with E-state index in [1.54, 1.807) is 6.08 Å². The second kappa shape index (κ2) is 9.55. The molecule has 3 aromatic rings. The average molecular weight is 444 g/mol. The largest absolute Gasteiger partial charge is 0.324 e. The Balaban J connectivity index is 1.73. The number of amides is 1. The molecule has 2 aromatic carbocycles. The second-order valence-electron chi connectivity index (χ2n) is 6.33. The summed E-state index contributed by atoms with van der Waals surface area (Å²) >= 11 is 7.23. The highest BCUT2D eigenvalue weighted by molar-refractivity contribution is 7.99. The first-order valence-corrected chi connectivity index (χ1v) is 10.2. The Hall–Kier alpha value is -3.17. The first-order valence-electron chi connectivity index (χ1n) is 8.86. The Labute approximate surface area is 182 Å². The van der Waals surface area contributed by atoms with Gasteiger partial charge in [0.05, 0.1) is 21.4 Å². The molecule has 3 rings (SSSR count).